The highest BCUT2D eigenvalue weighted by molar-refractivity contribution is 7.89. The van der Waals surface area contributed by atoms with Gasteiger partial charge in [0.25, 0.3) is 0 Å². The number of hydrogen-bond donors (Lipinski definition) is 5. The number of hydrogen-bond acceptors (Lipinski definition) is 12. The van der Waals surface area contributed by atoms with Crippen molar-refractivity contribution in [2.45, 2.75) is 49.1 Å². The van der Waals surface area contributed by atoms with Gasteiger partial charge in [-0.3, -0.25) is 9.69 Å². The molecule has 4 heterocycles. The number of aliphatic hydroxyl groups excluding tert-OH is 1. The number of amides is 1. The SMILES string of the molecule is CN(CCOC(=O)c1ccc(COc2cccc(C(NC(=O)OC3CN4CCC3CC4)c3ccccc3)c2)cc1)S(=O)(=O)c1ccc(CNCC(O)c2ccc(O)c3[nH]c(=O)ccc23)cc1. The number of phenolic OH excluding ortho intramolecular Hbond substituents is 1. The van der Waals surface area contributed by atoms with Crippen molar-refractivity contribution in [2.75, 3.05) is 46.4 Å². The number of ether oxygens (including phenoxy) is 3. The average Bonchev–Trinajstić information content (AvgIpc) is 3.33. The number of carbonyl (C=O) groups excluding carboxylic acids is 2. The molecule has 5 aromatic carbocycles. The van der Waals surface area contributed by atoms with Crippen molar-refractivity contribution in [2.24, 2.45) is 5.92 Å². The van der Waals surface area contributed by atoms with Crippen LogP contribution >= 0.6 is 0 Å². The van der Waals surface area contributed by atoms with Gasteiger partial charge in [0.05, 0.1) is 28.1 Å². The normalized spacial score (nSPS) is 17.8. The topological polar surface area (TPSA) is 200 Å². The molecule has 15 nitrogen and oxygen atoms in total. The molecule has 0 saturated carbocycles. The van der Waals surface area contributed by atoms with Gasteiger partial charge in [-0.2, -0.15) is 4.31 Å². The maximum absolute atomic E-state index is 13.3. The quantitative estimate of drug-likeness (QED) is 0.0629. The molecule has 6 aromatic rings. The first-order valence-electron chi connectivity index (χ1n) is 21.9. The van der Waals surface area contributed by atoms with Gasteiger partial charge < -0.3 is 40.0 Å². The van der Waals surface area contributed by atoms with Crippen molar-refractivity contribution in [3.05, 3.63) is 171 Å². The number of piperidine rings is 3. The fourth-order valence-electron chi connectivity index (χ4n) is 8.47. The van der Waals surface area contributed by atoms with Gasteiger partial charge in [0.2, 0.25) is 15.6 Å². The highest BCUT2D eigenvalue weighted by atomic mass is 32.2. The van der Waals surface area contributed by atoms with Crippen molar-refractivity contribution >= 4 is 33.0 Å². The third-order valence-corrected chi connectivity index (χ3v) is 14.1. The zero-order valence-corrected chi connectivity index (χ0v) is 37.3. The number of sulfonamides is 1. The number of likely N-dealkylation sites (N-methyl/N-ethyl adjacent to an activating group) is 1. The predicted octanol–water partition coefficient (Wildman–Crippen LogP) is 6.02. The second-order valence-corrected chi connectivity index (χ2v) is 18.7. The first kappa shape index (κ1) is 46.0. The summed E-state index contributed by atoms with van der Waals surface area (Å²) in [4.78, 5) is 42.9. The molecule has 1 aromatic heterocycles. The molecule has 1 amide bonds. The van der Waals surface area contributed by atoms with Crippen molar-refractivity contribution in [1.82, 2.24) is 24.8 Å². The van der Waals surface area contributed by atoms with E-state index in [1.807, 2.05) is 54.6 Å². The van der Waals surface area contributed by atoms with E-state index in [4.69, 9.17) is 14.2 Å². The largest absolute Gasteiger partial charge is 0.506 e. The van der Waals surface area contributed by atoms with E-state index < -0.39 is 34.2 Å². The number of H-pyrrole nitrogens is 1. The number of pyridine rings is 1. The van der Waals surface area contributed by atoms with Gasteiger partial charge in [-0.15, -0.1) is 0 Å². The summed E-state index contributed by atoms with van der Waals surface area (Å²) in [7, 11) is -2.47. The number of carbonyl (C=O) groups is 2. The Bertz CT molecular complexity index is 2800. The molecule has 3 aliphatic rings. The van der Waals surface area contributed by atoms with Gasteiger partial charge in [-0.05, 0) is 108 Å². The maximum atomic E-state index is 13.3. The van der Waals surface area contributed by atoms with Crippen LogP contribution in [0.2, 0.25) is 0 Å². The van der Waals surface area contributed by atoms with Crippen LogP contribution in [-0.4, -0.2) is 97.4 Å². The molecular formula is C50H53N5O10S. The number of aromatic hydroxyl groups is 1. The third kappa shape index (κ3) is 11.1. The van der Waals surface area contributed by atoms with Crippen LogP contribution < -0.4 is 20.9 Å². The molecule has 0 radical (unpaired) electrons. The van der Waals surface area contributed by atoms with Crippen LogP contribution in [0.15, 0.2) is 137 Å². The van der Waals surface area contributed by atoms with E-state index in [0.29, 0.717) is 34.7 Å². The van der Waals surface area contributed by atoms with E-state index in [1.165, 1.54) is 31.3 Å². The first-order valence-corrected chi connectivity index (χ1v) is 23.4. The zero-order valence-electron chi connectivity index (χ0n) is 36.5. The van der Waals surface area contributed by atoms with Gasteiger partial charge >= 0.3 is 12.1 Å². The predicted molar refractivity (Wildman–Crippen MR) is 248 cm³/mol. The maximum Gasteiger partial charge on any atom is 0.408 e. The highest BCUT2D eigenvalue weighted by Gasteiger charge is 2.37. The lowest BCUT2D eigenvalue weighted by Crippen LogP contribution is -2.52. The highest BCUT2D eigenvalue weighted by Crippen LogP contribution is 2.32. The summed E-state index contributed by atoms with van der Waals surface area (Å²) in [5.41, 5.74) is 4.05. The fourth-order valence-corrected chi connectivity index (χ4v) is 9.62. The van der Waals surface area contributed by atoms with E-state index in [1.54, 1.807) is 48.5 Å². The van der Waals surface area contributed by atoms with Gasteiger partial charge in [-0.25, -0.2) is 18.0 Å². The van der Waals surface area contributed by atoms with E-state index in [0.717, 1.165) is 59.0 Å². The Kier molecular flexibility index (Phi) is 14.4. The summed E-state index contributed by atoms with van der Waals surface area (Å²) < 4.78 is 45.3. The number of aromatic nitrogens is 1. The molecule has 5 N–H and O–H groups in total. The molecule has 344 valence electrons. The number of fused-ring (bicyclic) bond motifs is 4. The molecule has 3 atom stereocenters. The molecular weight excluding hydrogens is 863 g/mol. The smallest absolute Gasteiger partial charge is 0.408 e. The van der Waals surface area contributed by atoms with Crippen LogP contribution in [0.25, 0.3) is 10.9 Å². The van der Waals surface area contributed by atoms with Gasteiger partial charge in [-0.1, -0.05) is 72.8 Å². The van der Waals surface area contributed by atoms with E-state index >= 15 is 0 Å². The lowest BCUT2D eigenvalue weighted by molar-refractivity contribution is -0.0336. The number of aromatic amines is 1. The lowest BCUT2D eigenvalue weighted by Gasteiger charge is -2.43. The van der Waals surface area contributed by atoms with Gasteiger partial charge in [0.1, 0.15) is 30.8 Å². The Hall–Kier alpha value is -6.56. The average molecular weight is 916 g/mol. The van der Waals surface area contributed by atoms with Gasteiger partial charge in [0, 0.05) is 44.7 Å². The van der Waals surface area contributed by atoms with Crippen molar-refractivity contribution in [1.29, 1.82) is 0 Å². The summed E-state index contributed by atoms with van der Waals surface area (Å²) in [5, 5.41) is 27.7. The summed E-state index contributed by atoms with van der Waals surface area (Å²) in [6.07, 6.45) is 0.589. The number of nitrogens with one attached hydrogen (secondary N) is 3. The summed E-state index contributed by atoms with van der Waals surface area (Å²) >= 11 is 0. The number of nitrogens with zero attached hydrogens (tertiary/aromatic N) is 2. The van der Waals surface area contributed by atoms with E-state index in [2.05, 4.69) is 20.5 Å². The molecule has 0 aliphatic carbocycles. The number of alkyl carbamates (subject to hydrolysis) is 1. The Labute approximate surface area is 383 Å². The van der Waals surface area contributed by atoms with Crippen LogP contribution in [0.4, 0.5) is 4.79 Å². The minimum atomic E-state index is -3.89. The zero-order chi connectivity index (χ0) is 46.2. The standard InChI is InChI=1S/C50H53N5O10S/c1-54(66(61,62)40-16-12-33(13-17-40)29-51-30-44(57)41-18-20-43(56)48-42(41)19-21-46(58)52-48)26-27-63-49(59)37-14-10-34(11-15-37)32-64-39-9-5-8-38(28-39)47(36-6-3-2-4-7-36)53-50(60)65-45-31-55-24-22-35(45)23-25-55/h2-21,28,35,44-45,47,51,56-57H,22-27,29-32H2,1H3,(H,52,58)(H,53,60). The number of esters is 1. The van der Waals surface area contributed by atoms with Crippen molar-refractivity contribution < 1.29 is 42.4 Å². The Balaban J connectivity index is 0.784. The van der Waals surface area contributed by atoms with E-state index in [9.17, 15) is 33.0 Å². The van der Waals surface area contributed by atoms with Crippen molar-refractivity contribution in [3.63, 3.8) is 0 Å². The van der Waals surface area contributed by atoms with Crippen LogP contribution in [0.3, 0.4) is 0 Å². The number of aliphatic hydroxyl groups is 1. The summed E-state index contributed by atoms with van der Waals surface area (Å²) in [6, 6.07) is 35.8. The summed E-state index contributed by atoms with van der Waals surface area (Å²) in [6.45, 7) is 3.38. The molecule has 3 saturated heterocycles. The third-order valence-electron chi connectivity index (χ3n) is 12.2. The minimum absolute atomic E-state index is 0.0678. The molecule has 9 rings (SSSR count). The number of rotatable bonds is 18. The van der Waals surface area contributed by atoms with Crippen molar-refractivity contribution in [3.8, 4) is 11.5 Å². The van der Waals surface area contributed by atoms with Crippen LogP contribution in [-0.2, 0) is 32.6 Å². The Morgan fingerprint density at radius 3 is 2.33 bits per heavy atom. The first-order chi connectivity index (χ1) is 31.9. The molecule has 2 bridgehead atoms. The lowest BCUT2D eigenvalue weighted by atomic mass is 9.86. The molecule has 3 aliphatic heterocycles. The monoisotopic (exact) mass is 915 g/mol. The Morgan fingerprint density at radius 1 is 0.879 bits per heavy atom. The number of benzene rings is 5. The molecule has 3 fully saturated rings. The van der Waals surface area contributed by atoms with Crippen LogP contribution in [0, 0.1) is 5.92 Å². The summed E-state index contributed by atoms with van der Waals surface area (Å²) in [5.74, 6) is 0.309. The van der Waals surface area contributed by atoms with E-state index in [-0.39, 0.29) is 54.1 Å². The van der Waals surface area contributed by atoms with Crippen LogP contribution in [0.5, 0.6) is 11.5 Å². The van der Waals surface area contributed by atoms with Gasteiger partial charge in [0.15, 0.2) is 0 Å². The molecule has 3 unspecified atom stereocenters. The minimum Gasteiger partial charge on any atom is -0.506 e. The fraction of sp³-hybridized carbons (Fsp3) is 0.300. The molecule has 66 heavy (non-hydrogen) atoms. The molecule has 16 heteroatoms. The Morgan fingerprint density at radius 2 is 1.61 bits per heavy atom. The molecule has 0 spiro atoms. The second-order valence-electron chi connectivity index (χ2n) is 16.7. The number of phenols is 1. The second kappa shape index (κ2) is 20.7. The van der Waals surface area contributed by atoms with Crippen LogP contribution in [0.1, 0.15) is 63.2 Å².